The molecule has 4 nitrogen and oxygen atoms in total. The third-order valence-electron chi connectivity index (χ3n) is 2.85. The highest BCUT2D eigenvalue weighted by Gasteiger charge is 2.10. The van der Waals surface area contributed by atoms with E-state index in [1.165, 1.54) is 0 Å². The molecule has 0 fully saturated rings. The van der Waals surface area contributed by atoms with Gasteiger partial charge in [-0.05, 0) is 25.8 Å². The molecule has 90 valence electrons. The molecule has 0 spiro atoms. The van der Waals surface area contributed by atoms with Gasteiger partial charge in [0.2, 0.25) is 0 Å². The topological polar surface area (TPSA) is 58.0 Å². The number of aliphatic hydroxyl groups excluding tert-OH is 1. The minimum atomic E-state index is 0.210. The summed E-state index contributed by atoms with van der Waals surface area (Å²) in [5.74, 6) is 0.532. The Morgan fingerprint density at radius 3 is 2.81 bits per heavy atom. The first-order chi connectivity index (χ1) is 7.77. The third-order valence-corrected chi connectivity index (χ3v) is 2.85. The van der Waals surface area contributed by atoms with E-state index >= 15 is 0 Å². The molecule has 1 aromatic heterocycles. The van der Waals surface area contributed by atoms with Crippen LogP contribution < -0.4 is 5.32 Å². The summed E-state index contributed by atoms with van der Waals surface area (Å²) in [6, 6.07) is 0.210. The monoisotopic (exact) mass is 223 g/mol. The van der Waals surface area contributed by atoms with Crippen LogP contribution in [-0.4, -0.2) is 28.2 Å². The predicted molar refractivity (Wildman–Crippen MR) is 63.9 cm³/mol. The largest absolute Gasteiger partial charge is 0.396 e. The first kappa shape index (κ1) is 13.1. The molecule has 2 unspecified atom stereocenters. The van der Waals surface area contributed by atoms with Crippen molar-refractivity contribution in [1.82, 2.24) is 15.3 Å². The highest BCUT2D eigenvalue weighted by Crippen LogP contribution is 2.10. The maximum Gasteiger partial charge on any atom is 0.0753 e. The predicted octanol–water partition coefficient (Wildman–Crippen LogP) is 1.54. The van der Waals surface area contributed by atoms with Gasteiger partial charge in [0.1, 0.15) is 0 Å². The van der Waals surface area contributed by atoms with E-state index in [4.69, 9.17) is 5.11 Å². The lowest BCUT2D eigenvalue weighted by molar-refractivity contribution is 0.249. The second-order valence-corrected chi connectivity index (χ2v) is 4.05. The maximum atomic E-state index is 8.90. The Morgan fingerprint density at radius 1 is 1.44 bits per heavy atom. The number of hydrogen-bond donors (Lipinski definition) is 2. The molecule has 0 saturated heterocycles. The van der Waals surface area contributed by atoms with E-state index in [9.17, 15) is 0 Å². The molecular weight excluding hydrogens is 202 g/mol. The summed E-state index contributed by atoms with van der Waals surface area (Å²) >= 11 is 0. The van der Waals surface area contributed by atoms with Crippen LogP contribution in [0.5, 0.6) is 0 Å². The van der Waals surface area contributed by atoms with E-state index in [1.807, 2.05) is 0 Å². The van der Waals surface area contributed by atoms with Crippen LogP contribution in [0.25, 0.3) is 0 Å². The van der Waals surface area contributed by atoms with Crippen molar-refractivity contribution in [1.29, 1.82) is 0 Å². The van der Waals surface area contributed by atoms with Crippen LogP contribution >= 0.6 is 0 Å². The van der Waals surface area contributed by atoms with Gasteiger partial charge < -0.3 is 10.4 Å². The minimum Gasteiger partial charge on any atom is -0.396 e. The van der Waals surface area contributed by atoms with Crippen LogP contribution in [0.15, 0.2) is 18.6 Å². The fourth-order valence-electron chi connectivity index (χ4n) is 1.62. The molecule has 4 heteroatoms. The van der Waals surface area contributed by atoms with E-state index in [2.05, 4.69) is 29.1 Å². The summed E-state index contributed by atoms with van der Waals surface area (Å²) in [4.78, 5) is 8.30. The molecule has 0 aliphatic carbocycles. The molecule has 0 aliphatic heterocycles. The molecule has 2 atom stereocenters. The van der Waals surface area contributed by atoms with Gasteiger partial charge in [0.15, 0.2) is 0 Å². The SMILES string of the molecule is CCC(CCO)CNC(C)c1cnccn1. The fourth-order valence-corrected chi connectivity index (χ4v) is 1.62. The molecule has 0 radical (unpaired) electrons. The molecule has 2 N–H and O–H groups in total. The molecule has 16 heavy (non-hydrogen) atoms. The molecule has 0 amide bonds. The molecule has 1 rings (SSSR count). The zero-order valence-electron chi connectivity index (χ0n) is 10.1. The Morgan fingerprint density at radius 2 is 2.25 bits per heavy atom. The molecule has 1 heterocycles. The Kier molecular flexibility index (Phi) is 5.96. The summed E-state index contributed by atoms with van der Waals surface area (Å²) < 4.78 is 0. The summed E-state index contributed by atoms with van der Waals surface area (Å²) in [5.41, 5.74) is 0.960. The Balaban J connectivity index is 2.37. The fraction of sp³-hybridized carbons (Fsp3) is 0.667. The standard InChI is InChI=1S/C12H21N3O/c1-3-11(4-7-16)8-15-10(2)12-9-13-5-6-14-12/h5-6,9-11,15-16H,3-4,7-8H2,1-2H3. The van der Waals surface area contributed by atoms with Gasteiger partial charge in [-0.25, -0.2) is 0 Å². The number of aromatic nitrogens is 2. The third kappa shape index (κ3) is 4.24. The van der Waals surface area contributed by atoms with Crippen molar-refractivity contribution in [3.63, 3.8) is 0 Å². The van der Waals surface area contributed by atoms with Crippen LogP contribution in [0.3, 0.4) is 0 Å². The van der Waals surface area contributed by atoms with Crippen LogP contribution in [0.2, 0.25) is 0 Å². The lowest BCUT2D eigenvalue weighted by atomic mass is 10.0. The normalized spacial score (nSPS) is 14.7. The van der Waals surface area contributed by atoms with Gasteiger partial charge in [-0.1, -0.05) is 13.3 Å². The van der Waals surface area contributed by atoms with Crippen molar-refractivity contribution in [2.24, 2.45) is 5.92 Å². The van der Waals surface area contributed by atoms with Crippen LogP contribution in [-0.2, 0) is 0 Å². The van der Waals surface area contributed by atoms with Gasteiger partial charge in [0, 0.05) is 31.2 Å². The Hall–Kier alpha value is -1.00. The summed E-state index contributed by atoms with van der Waals surface area (Å²) in [6.07, 6.45) is 7.11. The van der Waals surface area contributed by atoms with E-state index in [0.717, 1.165) is 25.1 Å². The van der Waals surface area contributed by atoms with E-state index in [-0.39, 0.29) is 12.6 Å². The number of nitrogens with one attached hydrogen (secondary N) is 1. The Labute approximate surface area is 97.1 Å². The van der Waals surface area contributed by atoms with E-state index < -0.39 is 0 Å². The second-order valence-electron chi connectivity index (χ2n) is 4.05. The van der Waals surface area contributed by atoms with Crippen molar-refractivity contribution in [3.8, 4) is 0 Å². The summed E-state index contributed by atoms with van der Waals surface area (Å²) in [7, 11) is 0. The van der Waals surface area contributed by atoms with Crippen molar-refractivity contribution < 1.29 is 5.11 Å². The number of nitrogens with zero attached hydrogens (tertiary/aromatic N) is 2. The highest BCUT2D eigenvalue weighted by atomic mass is 16.3. The van der Waals surface area contributed by atoms with Gasteiger partial charge in [-0.2, -0.15) is 0 Å². The number of rotatable bonds is 7. The summed E-state index contributed by atoms with van der Waals surface area (Å²) in [6.45, 7) is 5.40. The van der Waals surface area contributed by atoms with E-state index in [1.54, 1.807) is 18.6 Å². The lowest BCUT2D eigenvalue weighted by Gasteiger charge is -2.18. The molecule has 0 aromatic carbocycles. The molecule has 1 aromatic rings. The zero-order chi connectivity index (χ0) is 11.8. The summed E-state index contributed by atoms with van der Waals surface area (Å²) in [5, 5.41) is 12.3. The molecule has 0 aliphatic rings. The van der Waals surface area contributed by atoms with E-state index in [0.29, 0.717) is 5.92 Å². The highest BCUT2D eigenvalue weighted by molar-refractivity contribution is 5.00. The minimum absolute atomic E-state index is 0.210. The smallest absolute Gasteiger partial charge is 0.0753 e. The number of hydrogen-bond acceptors (Lipinski definition) is 4. The lowest BCUT2D eigenvalue weighted by Crippen LogP contribution is -2.26. The van der Waals surface area contributed by atoms with Crippen molar-refractivity contribution in [3.05, 3.63) is 24.3 Å². The molecule has 0 saturated carbocycles. The van der Waals surface area contributed by atoms with Gasteiger partial charge in [-0.15, -0.1) is 0 Å². The average Bonchev–Trinajstić information content (AvgIpc) is 2.35. The van der Waals surface area contributed by atoms with Crippen LogP contribution in [0.4, 0.5) is 0 Å². The average molecular weight is 223 g/mol. The number of aliphatic hydroxyl groups is 1. The van der Waals surface area contributed by atoms with Gasteiger partial charge in [-0.3, -0.25) is 9.97 Å². The maximum absolute atomic E-state index is 8.90. The first-order valence-corrected chi connectivity index (χ1v) is 5.88. The second kappa shape index (κ2) is 7.30. The quantitative estimate of drug-likeness (QED) is 0.736. The molecular formula is C12H21N3O. The molecule has 0 bridgehead atoms. The van der Waals surface area contributed by atoms with Crippen LogP contribution in [0.1, 0.15) is 38.4 Å². The van der Waals surface area contributed by atoms with Crippen LogP contribution in [0, 0.1) is 5.92 Å². The Bertz CT molecular complexity index is 279. The zero-order valence-corrected chi connectivity index (χ0v) is 10.1. The first-order valence-electron chi connectivity index (χ1n) is 5.88. The van der Waals surface area contributed by atoms with Crippen molar-refractivity contribution in [2.45, 2.75) is 32.7 Å². The van der Waals surface area contributed by atoms with Crippen molar-refractivity contribution >= 4 is 0 Å². The van der Waals surface area contributed by atoms with Crippen molar-refractivity contribution in [2.75, 3.05) is 13.2 Å². The van der Waals surface area contributed by atoms with Gasteiger partial charge >= 0.3 is 0 Å². The van der Waals surface area contributed by atoms with Gasteiger partial charge in [0.05, 0.1) is 5.69 Å². The van der Waals surface area contributed by atoms with Gasteiger partial charge in [0.25, 0.3) is 0 Å².